The molecule has 2 aromatic carbocycles. The second kappa shape index (κ2) is 6.49. The van der Waals surface area contributed by atoms with Crippen LogP contribution in [0.5, 0.6) is 11.5 Å². The fraction of sp³-hybridized carbons (Fsp3) is 0.211. The Morgan fingerprint density at radius 3 is 2.68 bits per heavy atom. The molecule has 0 aliphatic carbocycles. The van der Waals surface area contributed by atoms with Crippen molar-refractivity contribution in [3.63, 3.8) is 0 Å². The molecule has 126 valence electrons. The number of fused-ring (bicyclic) bond motifs is 1. The summed E-state index contributed by atoms with van der Waals surface area (Å²) in [6.45, 7) is 2.06. The van der Waals surface area contributed by atoms with E-state index in [4.69, 9.17) is 9.47 Å². The minimum Gasteiger partial charge on any atom is -0.454 e. The van der Waals surface area contributed by atoms with Crippen LogP contribution in [0.3, 0.4) is 0 Å². The van der Waals surface area contributed by atoms with Crippen molar-refractivity contribution in [1.82, 2.24) is 15.2 Å². The normalized spacial score (nSPS) is 13.7. The van der Waals surface area contributed by atoms with Crippen LogP contribution in [-0.4, -0.2) is 27.1 Å². The molecule has 6 heteroatoms. The Hall–Kier alpha value is -2.99. The molecule has 0 bridgehead atoms. The fourth-order valence-corrected chi connectivity index (χ4v) is 2.74. The maximum atomic E-state index is 10.6. The molecule has 0 saturated carbocycles. The number of rotatable bonds is 4. The zero-order valence-electron chi connectivity index (χ0n) is 13.7. The Morgan fingerprint density at radius 2 is 1.84 bits per heavy atom. The van der Waals surface area contributed by atoms with Gasteiger partial charge in [-0.3, -0.25) is 0 Å². The van der Waals surface area contributed by atoms with E-state index in [9.17, 15) is 5.11 Å². The molecule has 1 atom stereocenters. The smallest absolute Gasteiger partial charge is 0.231 e. The highest BCUT2D eigenvalue weighted by molar-refractivity contribution is 5.54. The van der Waals surface area contributed by atoms with Crippen LogP contribution < -0.4 is 9.47 Å². The summed E-state index contributed by atoms with van der Waals surface area (Å²) in [7, 11) is 0. The standard InChI is InChI=1S/C19H17N3O3/c1-12-15(20-19(22-21-12)13-5-3-2-4-6-13)10-16(23)14-7-8-17-18(9-14)25-11-24-17/h2-9,16,23H,10-11H2,1H3. The van der Waals surface area contributed by atoms with Crippen molar-refractivity contribution in [2.45, 2.75) is 19.4 Å². The van der Waals surface area contributed by atoms with Gasteiger partial charge in [0.1, 0.15) is 0 Å². The van der Waals surface area contributed by atoms with Gasteiger partial charge in [0.05, 0.1) is 17.5 Å². The van der Waals surface area contributed by atoms with Gasteiger partial charge in [-0.15, -0.1) is 5.10 Å². The van der Waals surface area contributed by atoms with Gasteiger partial charge in [-0.1, -0.05) is 36.4 Å². The lowest BCUT2D eigenvalue weighted by atomic mass is 10.0. The molecule has 0 fully saturated rings. The first kappa shape index (κ1) is 15.5. The van der Waals surface area contributed by atoms with Crippen LogP contribution in [0.25, 0.3) is 11.4 Å². The maximum Gasteiger partial charge on any atom is 0.231 e. The van der Waals surface area contributed by atoms with Gasteiger partial charge in [0.2, 0.25) is 6.79 Å². The molecule has 3 aromatic rings. The van der Waals surface area contributed by atoms with Crippen LogP contribution in [0.4, 0.5) is 0 Å². The molecule has 25 heavy (non-hydrogen) atoms. The molecule has 0 radical (unpaired) electrons. The Labute approximate surface area is 145 Å². The first-order valence-corrected chi connectivity index (χ1v) is 8.04. The summed E-state index contributed by atoms with van der Waals surface area (Å²) in [4.78, 5) is 4.59. The summed E-state index contributed by atoms with van der Waals surface area (Å²) < 4.78 is 10.7. The zero-order valence-corrected chi connectivity index (χ0v) is 13.7. The molecule has 1 aliphatic rings. The summed E-state index contributed by atoms with van der Waals surface area (Å²) in [6.07, 6.45) is -0.366. The van der Waals surface area contributed by atoms with Crippen LogP contribution in [0.2, 0.25) is 0 Å². The highest BCUT2D eigenvalue weighted by Gasteiger charge is 2.18. The number of ether oxygens (including phenoxy) is 2. The summed E-state index contributed by atoms with van der Waals surface area (Å²) in [6, 6.07) is 15.1. The highest BCUT2D eigenvalue weighted by atomic mass is 16.7. The van der Waals surface area contributed by atoms with Crippen molar-refractivity contribution < 1.29 is 14.6 Å². The van der Waals surface area contributed by atoms with E-state index in [-0.39, 0.29) is 6.79 Å². The number of aromatic nitrogens is 3. The topological polar surface area (TPSA) is 77.4 Å². The predicted octanol–water partition coefficient (Wildman–Crippen LogP) is 2.85. The molecule has 6 nitrogen and oxygen atoms in total. The maximum absolute atomic E-state index is 10.6. The van der Waals surface area contributed by atoms with Crippen molar-refractivity contribution in [2.75, 3.05) is 6.79 Å². The number of nitrogens with zero attached hydrogens (tertiary/aromatic N) is 3. The van der Waals surface area contributed by atoms with Crippen molar-refractivity contribution >= 4 is 0 Å². The van der Waals surface area contributed by atoms with E-state index in [2.05, 4.69) is 15.2 Å². The van der Waals surface area contributed by atoms with Crippen LogP contribution in [0, 0.1) is 6.92 Å². The lowest BCUT2D eigenvalue weighted by Gasteiger charge is -2.13. The van der Waals surface area contributed by atoms with Crippen LogP contribution in [-0.2, 0) is 6.42 Å². The van der Waals surface area contributed by atoms with E-state index in [0.717, 1.165) is 16.8 Å². The fourth-order valence-electron chi connectivity index (χ4n) is 2.74. The Balaban J connectivity index is 1.59. The van der Waals surface area contributed by atoms with E-state index < -0.39 is 6.10 Å². The average molecular weight is 335 g/mol. The summed E-state index contributed by atoms with van der Waals surface area (Å²) in [5.74, 6) is 1.90. The van der Waals surface area contributed by atoms with Gasteiger partial charge in [-0.2, -0.15) is 5.10 Å². The Kier molecular flexibility index (Phi) is 4.03. The van der Waals surface area contributed by atoms with Crippen LogP contribution >= 0.6 is 0 Å². The molecule has 1 aromatic heterocycles. The monoisotopic (exact) mass is 335 g/mol. The van der Waals surface area contributed by atoms with Crippen molar-refractivity contribution in [1.29, 1.82) is 0 Å². The molecular formula is C19H17N3O3. The highest BCUT2D eigenvalue weighted by Crippen LogP contribution is 2.34. The minimum atomic E-state index is -0.714. The molecule has 1 unspecified atom stereocenters. The second-order valence-corrected chi connectivity index (χ2v) is 5.87. The number of aliphatic hydroxyl groups is 1. The van der Waals surface area contributed by atoms with E-state index >= 15 is 0 Å². The van der Waals surface area contributed by atoms with Crippen molar-refractivity contribution in [3.8, 4) is 22.9 Å². The molecular weight excluding hydrogens is 318 g/mol. The number of hydrogen-bond acceptors (Lipinski definition) is 6. The molecule has 4 rings (SSSR count). The van der Waals surface area contributed by atoms with Gasteiger partial charge < -0.3 is 14.6 Å². The lowest BCUT2D eigenvalue weighted by Crippen LogP contribution is -2.08. The van der Waals surface area contributed by atoms with Crippen molar-refractivity contribution in [3.05, 3.63) is 65.5 Å². The van der Waals surface area contributed by atoms with E-state index in [1.54, 1.807) is 12.1 Å². The van der Waals surface area contributed by atoms with Gasteiger partial charge in [0.15, 0.2) is 17.3 Å². The Bertz CT molecular complexity index is 900. The number of aryl methyl sites for hydroxylation is 1. The lowest BCUT2D eigenvalue weighted by molar-refractivity contribution is 0.171. The summed E-state index contributed by atoms with van der Waals surface area (Å²) in [5.41, 5.74) is 3.08. The molecule has 1 N–H and O–H groups in total. The third kappa shape index (κ3) is 3.16. The van der Waals surface area contributed by atoms with Gasteiger partial charge in [-0.05, 0) is 24.6 Å². The zero-order chi connectivity index (χ0) is 17.2. The van der Waals surface area contributed by atoms with E-state index in [1.165, 1.54) is 0 Å². The largest absolute Gasteiger partial charge is 0.454 e. The van der Waals surface area contributed by atoms with Crippen LogP contribution in [0.15, 0.2) is 48.5 Å². The molecule has 0 spiro atoms. The van der Waals surface area contributed by atoms with E-state index in [1.807, 2.05) is 43.3 Å². The number of aliphatic hydroxyl groups excluding tert-OH is 1. The quantitative estimate of drug-likeness (QED) is 0.790. The SMILES string of the molecule is Cc1nnc(-c2ccccc2)nc1CC(O)c1ccc2c(c1)OCO2. The summed E-state index contributed by atoms with van der Waals surface area (Å²) in [5, 5.41) is 19.0. The van der Waals surface area contributed by atoms with Crippen molar-refractivity contribution in [2.24, 2.45) is 0 Å². The number of benzene rings is 2. The third-order valence-corrected chi connectivity index (χ3v) is 4.15. The second-order valence-electron chi connectivity index (χ2n) is 5.87. The first-order chi connectivity index (χ1) is 12.2. The first-order valence-electron chi connectivity index (χ1n) is 8.04. The molecule has 1 aliphatic heterocycles. The van der Waals surface area contributed by atoms with Gasteiger partial charge in [-0.25, -0.2) is 4.98 Å². The van der Waals surface area contributed by atoms with Gasteiger partial charge in [0, 0.05) is 12.0 Å². The Morgan fingerprint density at radius 1 is 1.04 bits per heavy atom. The minimum absolute atomic E-state index is 0.213. The summed E-state index contributed by atoms with van der Waals surface area (Å²) >= 11 is 0. The average Bonchev–Trinajstić information content (AvgIpc) is 3.12. The van der Waals surface area contributed by atoms with Crippen LogP contribution in [0.1, 0.15) is 23.1 Å². The predicted molar refractivity (Wildman–Crippen MR) is 91.2 cm³/mol. The molecule has 0 saturated heterocycles. The van der Waals surface area contributed by atoms with Gasteiger partial charge >= 0.3 is 0 Å². The molecule has 0 amide bonds. The van der Waals surface area contributed by atoms with Gasteiger partial charge in [0.25, 0.3) is 0 Å². The third-order valence-electron chi connectivity index (χ3n) is 4.15. The molecule has 2 heterocycles. The number of hydrogen-bond donors (Lipinski definition) is 1. The van der Waals surface area contributed by atoms with E-state index in [0.29, 0.717) is 29.4 Å².